The Morgan fingerprint density at radius 2 is 1.32 bits per heavy atom. The van der Waals surface area contributed by atoms with E-state index < -0.39 is 62.4 Å². The van der Waals surface area contributed by atoms with E-state index in [9.17, 15) is 33.8 Å². The molecule has 0 rings (SSSR count). The number of carboxylic acids is 1. The number of thioether (sulfide) groups is 1. The summed E-state index contributed by atoms with van der Waals surface area (Å²) in [6.07, 6.45) is 37.3. The van der Waals surface area contributed by atoms with Crippen molar-refractivity contribution in [2.75, 3.05) is 19.0 Å². The number of carbonyl (C=O) groups is 3. The van der Waals surface area contributed by atoms with Gasteiger partial charge in [-0.1, -0.05) is 172 Å². The molecule has 0 aliphatic heterocycles. The van der Waals surface area contributed by atoms with Gasteiger partial charge < -0.3 is 35.2 Å². The van der Waals surface area contributed by atoms with Crippen LogP contribution >= 0.6 is 19.6 Å². The standard InChI is InChI=1S/C46H82NO11PS/c1-4-5-6-7-8-9-10-16-19-22-25-28-33-43(42(48)32-30-34-44(49)50)60-38-41(47)46(52)56-36-40(37-57-59(53,54)55)58-45(51)35-29-26-23-20-17-14-12-11-13-15-18-21-24-27-31-39(2)3/h8-9,16,19,22,25,28,33,39-43,48H,4-7,10-15,17-18,20-21,23-24,26-27,29-32,34-38,47H2,1-3H3,(H,49,50)(H2,53,54,55)/b9-8-,19-16-,25-22+,33-28+/t40-,41+,42+,43-/m1/s1. The summed E-state index contributed by atoms with van der Waals surface area (Å²) >= 11 is 1.21. The Labute approximate surface area is 366 Å². The number of unbranched alkanes of at least 4 members (excludes halogenated alkanes) is 16. The van der Waals surface area contributed by atoms with Crippen LogP contribution in [-0.4, -0.2) is 80.4 Å². The first-order chi connectivity index (χ1) is 28.7. The van der Waals surface area contributed by atoms with Gasteiger partial charge in [0.25, 0.3) is 0 Å². The molecule has 4 atom stereocenters. The van der Waals surface area contributed by atoms with Crippen LogP contribution in [0.25, 0.3) is 0 Å². The highest BCUT2D eigenvalue weighted by atomic mass is 32.2. The van der Waals surface area contributed by atoms with E-state index in [0.29, 0.717) is 6.42 Å². The number of ether oxygens (including phenoxy) is 2. The van der Waals surface area contributed by atoms with E-state index in [1.54, 1.807) is 12.2 Å². The van der Waals surface area contributed by atoms with Crippen LogP contribution in [0.5, 0.6) is 0 Å². The van der Waals surface area contributed by atoms with Crippen LogP contribution in [0, 0.1) is 5.92 Å². The van der Waals surface area contributed by atoms with Crippen molar-refractivity contribution in [1.29, 1.82) is 0 Å². The number of carboxylic acid groups (broad SMARTS) is 1. The van der Waals surface area contributed by atoms with Gasteiger partial charge in [0.05, 0.1) is 12.7 Å². The van der Waals surface area contributed by atoms with E-state index in [0.717, 1.165) is 38.0 Å². The van der Waals surface area contributed by atoms with Gasteiger partial charge in [-0.2, -0.15) is 0 Å². The van der Waals surface area contributed by atoms with Gasteiger partial charge in [-0.3, -0.25) is 18.9 Å². The zero-order chi connectivity index (χ0) is 44.7. The Hall–Kier alpha value is -2.25. The zero-order valence-corrected chi connectivity index (χ0v) is 38.9. The van der Waals surface area contributed by atoms with Crippen molar-refractivity contribution in [2.24, 2.45) is 11.7 Å². The lowest BCUT2D eigenvalue weighted by Gasteiger charge is -2.22. The number of nitrogens with two attached hydrogens (primary N) is 1. The number of phosphoric ester groups is 1. The number of rotatable bonds is 41. The number of carbonyl (C=O) groups excluding carboxylic acids is 2. The summed E-state index contributed by atoms with van der Waals surface area (Å²) < 4.78 is 26.5. The number of aliphatic hydroxyl groups excluding tert-OH is 1. The molecule has 0 aromatic rings. The predicted octanol–water partition coefficient (Wildman–Crippen LogP) is 10.7. The molecule has 348 valence electrons. The molecule has 0 aliphatic carbocycles. The minimum absolute atomic E-state index is 0.0419. The highest BCUT2D eigenvalue weighted by Gasteiger charge is 2.26. The first-order valence-electron chi connectivity index (χ1n) is 22.7. The van der Waals surface area contributed by atoms with Crippen molar-refractivity contribution in [1.82, 2.24) is 0 Å². The van der Waals surface area contributed by atoms with Gasteiger partial charge in [-0.15, -0.1) is 11.8 Å². The van der Waals surface area contributed by atoms with E-state index in [4.69, 9.17) is 20.3 Å². The van der Waals surface area contributed by atoms with E-state index in [2.05, 4.69) is 37.4 Å². The number of hydrogen-bond acceptors (Lipinski definition) is 10. The molecule has 0 aromatic heterocycles. The van der Waals surface area contributed by atoms with Gasteiger partial charge >= 0.3 is 25.7 Å². The summed E-state index contributed by atoms with van der Waals surface area (Å²) in [6, 6.07) is -1.14. The van der Waals surface area contributed by atoms with Crippen molar-refractivity contribution < 1.29 is 52.9 Å². The molecule has 0 bridgehead atoms. The maximum atomic E-state index is 12.8. The van der Waals surface area contributed by atoms with Gasteiger partial charge in [0.2, 0.25) is 0 Å². The average Bonchev–Trinajstić information content (AvgIpc) is 3.19. The zero-order valence-electron chi connectivity index (χ0n) is 37.2. The molecular weight excluding hydrogens is 806 g/mol. The number of phosphoric acid groups is 1. The van der Waals surface area contributed by atoms with Crippen LogP contribution in [0.2, 0.25) is 0 Å². The Morgan fingerprint density at radius 1 is 0.717 bits per heavy atom. The molecule has 0 unspecified atom stereocenters. The fourth-order valence-electron chi connectivity index (χ4n) is 6.23. The summed E-state index contributed by atoms with van der Waals surface area (Å²) in [4.78, 5) is 54.8. The third-order valence-corrected chi connectivity index (χ3v) is 11.7. The Balaban J connectivity index is 4.75. The summed E-state index contributed by atoms with van der Waals surface area (Å²) in [6.45, 7) is 5.55. The number of hydrogen-bond donors (Lipinski definition) is 5. The van der Waals surface area contributed by atoms with Crippen molar-refractivity contribution in [3.8, 4) is 0 Å². The van der Waals surface area contributed by atoms with Crippen LogP contribution in [0.15, 0.2) is 48.6 Å². The lowest BCUT2D eigenvalue weighted by atomic mass is 10.0. The number of allylic oxidation sites excluding steroid dienone is 7. The lowest BCUT2D eigenvalue weighted by Crippen LogP contribution is -2.38. The number of esters is 2. The first-order valence-corrected chi connectivity index (χ1v) is 25.3. The van der Waals surface area contributed by atoms with E-state index in [-0.39, 0.29) is 31.4 Å². The molecule has 0 spiro atoms. The van der Waals surface area contributed by atoms with Crippen LogP contribution < -0.4 is 5.73 Å². The quantitative estimate of drug-likeness (QED) is 0.0128. The summed E-state index contributed by atoms with van der Waals surface area (Å²) in [5.41, 5.74) is 6.11. The Bertz CT molecular complexity index is 1250. The van der Waals surface area contributed by atoms with Crippen LogP contribution in [0.1, 0.15) is 175 Å². The fraction of sp³-hybridized carbons (Fsp3) is 0.761. The molecule has 0 amide bonds. The van der Waals surface area contributed by atoms with Gasteiger partial charge in [-0.05, 0) is 44.4 Å². The molecule has 0 saturated heterocycles. The normalized spacial score (nSPS) is 14.5. The van der Waals surface area contributed by atoms with Gasteiger partial charge in [0.1, 0.15) is 12.6 Å². The Morgan fingerprint density at radius 3 is 1.90 bits per heavy atom. The molecular formula is C46H82NO11PS. The molecule has 12 nitrogen and oxygen atoms in total. The van der Waals surface area contributed by atoms with Crippen LogP contribution in [0.3, 0.4) is 0 Å². The SMILES string of the molecule is CCCCC/C=C\C\C=C/C=C/C=C/[C@@H](SC[C@H](N)C(=O)OC[C@H](COP(=O)(O)O)OC(=O)CCCCCCCCCCCCCCCCC(C)C)[C@@H](O)CCCC(=O)O. The molecule has 0 fully saturated rings. The number of aliphatic carboxylic acids is 1. The van der Waals surface area contributed by atoms with E-state index >= 15 is 0 Å². The molecule has 14 heteroatoms. The largest absolute Gasteiger partial charge is 0.481 e. The highest BCUT2D eigenvalue weighted by Crippen LogP contribution is 2.36. The predicted molar refractivity (Wildman–Crippen MR) is 245 cm³/mol. The second-order valence-electron chi connectivity index (χ2n) is 16.1. The summed E-state index contributed by atoms with van der Waals surface area (Å²) in [5, 5.41) is 19.3. The molecule has 60 heavy (non-hydrogen) atoms. The average molecular weight is 888 g/mol. The fourth-order valence-corrected chi connectivity index (χ4v) is 7.72. The molecule has 0 aliphatic rings. The molecule has 0 saturated carbocycles. The third kappa shape index (κ3) is 39.9. The second-order valence-corrected chi connectivity index (χ2v) is 18.5. The van der Waals surface area contributed by atoms with Gasteiger partial charge in [0.15, 0.2) is 6.10 Å². The summed E-state index contributed by atoms with van der Waals surface area (Å²) in [5.74, 6) is -1.53. The van der Waals surface area contributed by atoms with Crippen molar-refractivity contribution in [2.45, 2.75) is 198 Å². The first kappa shape index (κ1) is 57.8. The summed E-state index contributed by atoms with van der Waals surface area (Å²) in [7, 11) is -4.89. The minimum Gasteiger partial charge on any atom is -0.481 e. The third-order valence-electron chi connectivity index (χ3n) is 9.77. The van der Waals surface area contributed by atoms with Crippen molar-refractivity contribution in [3.63, 3.8) is 0 Å². The molecule has 0 heterocycles. The van der Waals surface area contributed by atoms with Crippen LogP contribution in [0.4, 0.5) is 0 Å². The second kappa shape index (κ2) is 39.6. The van der Waals surface area contributed by atoms with E-state index in [1.165, 1.54) is 102 Å². The monoisotopic (exact) mass is 888 g/mol. The number of aliphatic hydroxyl groups is 1. The van der Waals surface area contributed by atoms with Crippen LogP contribution in [-0.2, 0) is 32.9 Å². The topological polar surface area (TPSA) is 203 Å². The molecule has 0 aromatic carbocycles. The smallest absolute Gasteiger partial charge is 0.469 e. The van der Waals surface area contributed by atoms with Gasteiger partial charge in [0, 0.05) is 23.8 Å². The maximum absolute atomic E-state index is 12.8. The lowest BCUT2D eigenvalue weighted by molar-refractivity contribution is -0.161. The highest BCUT2D eigenvalue weighted by molar-refractivity contribution is 8.00. The molecule has 6 N–H and O–H groups in total. The van der Waals surface area contributed by atoms with E-state index in [1.807, 2.05) is 24.3 Å². The van der Waals surface area contributed by atoms with Gasteiger partial charge in [-0.25, -0.2) is 4.57 Å². The maximum Gasteiger partial charge on any atom is 0.469 e. The Kier molecular flexibility index (Phi) is 38.1. The van der Waals surface area contributed by atoms with Crippen molar-refractivity contribution >= 4 is 37.5 Å². The van der Waals surface area contributed by atoms with Crippen molar-refractivity contribution in [3.05, 3.63) is 48.6 Å². The minimum atomic E-state index is -4.89. The molecule has 0 radical (unpaired) electrons.